The van der Waals surface area contributed by atoms with E-state index in [1.165, 1.54) is 25.5 Å². The Morgan fingerprint density at radius 3 is 2.90 bits per heavy atom. The van der Waals surface area contributed by atoms with Gasteiger partial charge < -0.3 is 14.3 Å². The molecule has 0 bridgehead atoms. The first kappa shape index (κ1) is 13.0. The predicted molar refractivity (Wildman–Crippen MR) is 74.0 cm³/mol. The van der Waals surface area contributed by atoms with E-state index in [4.69, 9.17) is 4.42 Å². The molecule has 0 spiro atoms. The third-order valence-electron chi connectivity index (χ3n) is 3.92. The first-order valence-electron chi connectivity index (χ1n) is 7.16. The minimum Gasteiger partial charge on any atom is -0.472 e. The lowest BCUT2D eigenvalue weighted by Crippen LogP contribution is -2.41. The van der Waals surface area contributed by atoms with E-state index < -0.39 is 0 Å². The monoisotopic (exact) mass is 273 g/mol. The standard InChI is InChI=1S/C15H19N3O2/c19-15(12-6-9-20-11-12)18(10-14-16-7-8-17-14)13-4-2-1-3-5-13/h6-9,11,13H,1-5,10H2,(H,16,17). The maximum Gasteiger partial charge on any atom is 0.257 e. The Hall–Kier alpha value is -2.04. The number of carbonyl (C=O) groups is 1. The summed E-state index contributed by atoms with van der Waals surface area (Å²) in [5.41, 5.74) is 0.613. The van der Waals surface area contributed by atoms with Crippen LogP contribution in [0.3, 0.4) is 0 Å². The smallest absolute Gasteiger partial charge is 0.257 e. The number of carbonyl (C=O) groups excluding carboxylic acids is 1. The minimum absolute atomic E-state index is 0.0297. The summed E-state index contributed by atoms with van der Waals surface area (Å²) in [6.07, 6.45) is 12.4. The maximum atomic E-state index is 12.7. The highest BCUT2D eigenvalue weighted by atomic mass is 16.3. The number of nitrogens with zero attached hydrogens (tertiary/aromatic N) is 2. The van der Waals surface area contributed by atoms with Crippen molar-refractivity contribution in [1.82, 2.24) is 14.9 Å². The van der Waals surface area contributed by atoms with Crippen molar-refractivity contribution >= 4 is 5.91 Å². The van der Waals surface area contributed by atoms with Crippen molar-refractivity contribution < 1.29 is 9.21 Å². The second kappa shape index (κ2) is 5.94. The molecule has 0 aliphatic heterocycles. The average molecular weight is 273 g/mol. The summed E-state index contributed by atoms with van der Waals surface area (Å²) in [4.78, 5) is 21.9. The molecule has 0 atom stereocenters. The quantitative estimate of drug-likeness (QED) is 0.931. The van der Waals surface area contributed by atoms with Crippen LogP contribution in [0.5, 0.6) is 0 Å². The second-order valence-electron chi connectivity index (χ2n) is 5.27. The van der Waals surface area contributed by atoms with Gasteiger partial charge in [0.15, 0.2) is 0 Å². The van der Waals surface area contributed by atoms with Crippen molar-refractivity contribution in [3.63, 3.8) is 0 Å². The summed E-state index contributed by atoms with van der Waals surface area (Å²) in [5.74, 6) is 0.856. The molecule has 2 heterocycles. The Balaban J connectivity index is 1.80. The Bertz CT molecular complexity index is 527. The molecule has 0 unspecified atom stereocenters. The number of furan rings is 1. The Kier molecular flexibility index (Phi) is 3.85. The van der Waals surface area contributed by atoms with Crippen molar-refractivity contribution in [2.45, 2.75) is 44.7 Å². The van der Waals surface area contributed by atoms with E-state index in [0.29, 0.717) is 18.2 Å². The van der Waals surface area contributed by atoms with Crippen LogP contribution >= 0.6 is 0 Å². The second-order valence-corrected chi connectivity index (χ2v) is 5.27. The number of hydrogen-bond acceptors (Lipinski definition) is 3. The molecule has 2 aromatic heterocycles. The molecule has 1 aliphatic rings. The van der Waals surface area contributed by atoms with Crippen LogP contribution in [0.25, 0.3) is 0 Å². The Morgan fingerprint density at radius 2 is 2.25 bits per heavy atom. The van der Waals surface area contributed by atoms with Crippen molar-refractivity contribution in [3.05, 3.63) is 42.4 Å². The molecule has 1 aliphatic carbocycles. The highest BCUT2D eigenvalue weighted by molar-refractivity contribution is 5.94. The Morgan fingerprint density at radius 1 is 1.40 bits per heavy atom. The summed E-state index contributed by atoms with van der Waals surface area (Å²) in [7, 11) is 0. The number of H-pyrrole nitrogens is 1. The molecule has 106 valence electrons. The summed E-state index contributed by atoms with van der Waals surface area (Å²) >= 11 is 0. The van der Waals surface area contributed by atoms with Gasteiger partial charge in [0.25, 0.3) is 5.91 Å². The van der Waals surface area contributed by atoms with Gasteiger partial charge in [0.05, 0.1) is 18.4 Å². The van der Waals surface area contributed by atoms with E-state index >= 15 is 0 Å². The highest BCUT2D eigenvalue weighted by Gasteiger charge is 2.27. The van der Waals surface area contributed by atoms with Gasteiger partial charge in [0.1, 0.15) is 12.1 Å². The molecule has 20 heavy (non-hydrogen) atoms. The van der Waals surface area contributed by atoms with Crippen molar-refractivity contribution in [2.75, 3.05) is 0 Å². The normalized spacial score (nSPS) is 16.2. The fourth-order valence-electron chi connectivity index (χ4n) is 2.86. The number of nitrogens with one attached hydrogen (secondary N) is 1. The summed E-state index contributed by atoms with van der Waals surface area (Å²) in [5, 5.41) is 0. The SMILES string of the molecule is O=C(c1ccoc1)N(Cc1ncc[nH]1)C1CCCCC1. The first-order chi connectivity index (χ1) is 9.84. The van der Waals surface area contributed by atoms with Gasteiger partial charge in [-0.1, -0.05) is 19.3 Å². The number of amides is 1. The van der Waals surface area contributed by atoms with Crippen LogP contribution in [-0.4, -0.2) is 26.8 Å². The van der Waals surface area contributed by atoms with Crippen LogP contribution in [-0.2, 0) is 6.54 Å². The van der Waals surface area contributed by atoms with Gasteiger partial charge in [-0.2, -0.15) is 0 Å². The molecular formula is C15H19N3O2. The number of imidazole rings is 1. The topological polar surface area (TPSA) is 62.1 Å². The predicted octanol–water partition coefficient (Wildman–Crippen LogP) is 2.98. The largest absolute Gasteiger partial charge is 0.472 e. The third-order valence-corrected chi connectivity index (χ3v) is 3.92. The highest BCUT2D eigenvalue weighted by Crippen LogP contribution is 2.25. The van der Waals surface area contributed by atoms with E-state index in [1.807, 2.05) is 4.90 Å². The fourth-order valence-corrected chi connectivity index (χ4v) is 2.86. The lowest BCUT2D eigenvalue weighted by Gasteiger charge is -2.33. The van der Waals surface area contributed by atoms with Crippen molar-refractivity contribution in [2.24, 2.45) is 0 Å². The molecule has 1 saturated carbocycles. The van der Waals surface area contributed by atoms with Gasteiger partial charge in [0, 0.05) is 18.4 Å². The fraction of sp³-hybridized carbons (Fsp3) is 0.467. The molecule has 1 N–H and O–H groups in total. The van der Waals surface area contributed by atoms with Gasteiger partial charge in [-0.3, -0.25) is 4.79 Å². The van der Waals surface area contributed by atoms with Crippen LogP contribution in [0, 0.1) is 0 Å². The zero-order valence-corrected chi connectivity index (χ0v) is 11.4. The molecule has 1 fully saturated rings. The van der Waals surface area contributed by atoms with Crippen LogP contribution in [0.4, 0.5) is 0 Å². The van der Waals surface area contributed by atoms with Gasteiger partial charge in [0.2, 0.25) is 0 Å². The van der Waals surface area contributed by atoms with Crippen LogP contribution in [0.15, 0.2) is 35.4 Å². The number of aromatic amines is 1. The zero-order chi connectivity index (χ0) is 13.8. The molecule has 3 rings (SSSR count). The number of rotatable bonds is 4. The average Bonchev–Trinajstić information content (AvgIpc) is 3.18. The number of aromatic nitrogens is 2. The molecule has 0 saturated heterocycles. The first-order valence-corrected chi connectivity index (χ1v) is 7.16. The van der Waals surface area contributed by atoms with Gasteiger partial charge >= 0.3 is 0 Å². The van der Waals surface area contributed by atoms with Crippen LogP contribution in [0.2, 0.25) is 0 Å². The van der Waals surface area contributed by atoms with E-state index in [0.717, 1.165) is 18.7 Å². The molecule has 1 amide bonds. The van der Waals surface area contributed by atoms with E-state index in [9.17, 15) is 4.79 Å². The van der Waals surface area contributed by atoms with Crippen molar-refractivity contribution in [3.8, 4) is 0 Å². The van der Waals surface area contributed by atoms with Gasteiger partial charge in [-0.25, -0.2) is 4.98 Å². The maximum absolute atomic E-state index is 12.7. The summed E-state index contributed by atoms with van der Waals surface area (Å²) in [6.45, 7) is 0.529. The van der Waals surface area contributed by atoms with Crippen molar-refractivity contribution in [1.29, 1.82) is 0 Å². The molecule has 5 heteroatoms. The molecule has 0 aromatic carbocycles. The minimum atomic E-state index is 0.0297. The zero-order valence-electron chi connectivity index (χ0n) is 11.4. The van der Waals surface area contributed by atoms with E-state index in [-0.39, 0.29) is 5.91 Å². The van der Waals surface area contributed by atoms with E-state index in [2.05, 4.69) is 9.97 Å². The molecular weight excluding hydrogens is 254 g/mol. The molecule has 2 aromatic rings. The molecule has 5 nitrogen and oxygen atoms in total. The summed E-state index contributed by atoms with van der Waals surface area (Å²) < 4.78 is 5.04. The number of hydrogen-bond donors (Lipinski definition) is 1. The third kappa shape index (κ3) is 2.76. The molecule has 0 radical (unpaired) electrons. The lowest BCUT2D eigenvalue weighted by molar-refractivity contribution is 0.0607. The van der Waals surface area contributed by atoms with Gasteiger partial charge in [-0.05, 0) is 18.9 Å². The van der Waals surface area contributed by atoms with Crippen LogP contribution in [0.1, 0.15) is 48.3 Å². The lowest BCUT2D eigenvalue weighted by atomic mass is 9.93. The summed E-state index contributed by atoms with van der Waals surface area (Å²) in [6, 6.07) is 2.02. The van der Waals surface area contributed by atoms with E-state index in [1.54, 1.807) is 24.7 Å². The Labute approximate surface area is 118 Å². The van der Waals surface area contributed by atoms with Crippen LogP contribution < -0.4 is 0 Å². The van der Waals surface area contributed by atoms with Gasteiger partial charge in [-0.15, -0.1) is 0 Å².